The van der Waals surface area contributed by atoms with Crippen LogP contribution in [0.3, 0.4) is 0 Å². The van der Waals surface area contributed by atoms with Gasteiger partial charge in [0, 0.05) is 0 Å². The van der Waals surface area contributed by atoms with E-state index < -0.39 is 0 Å². The van der Waals surface area contributed by atoms with Crippen LogP contribution in [0.4, 0.5) is 5.69 Å². The molecule has 0 saturated heterocycles. The summed E-state index contributed by atoms with van der Waals surface area (Å²) < 4.78 is 5.42. The van der Waals surface area contributed by atoms with Crippen LogP contribution in [-0.4, -0.2) is 35.7 Å². The number of rotatable bonds is 8. The summed E-state index contributed by atoms with van der Waals surface area (Å²) in [6, 6.07) is 10.6. The molecule has 0 fully saturated rings. The standard InChI is InChI=1S/C18H21N3O3S/c1-3-24-15-8-6-5-7-14(15)18(23)20-12-16(22)21-13-9-10-17(19-11-13)25-4-2/h5-11H,3-4,12H2,1-2H3,(H,20,23)(H,21,22). The average Bonchev–Trinajstić information content (AvgIpc) is 2.62. The van der Waals surface area contributed by atoms with Gasteiger partial charge in [0.1, 0.15) is 5.75 Å². The van der Waals surface area contributed by atoms with E-state index in [1.165, 1.54) is 0 Å². The van der Waals surface area contributed by atoms with E-state index in [1.54, 1.807) is 48.3 Å². The number of benzene rings is 1. The quantitative estimate of drug-likeness (QED) is 0.708. The second-order valence-electron chi connectivity index (χ2n) is 4.98. The number of para-hydroxylation sites is 1. The number of ether oxygens (including phenoxy) is 1. The lowest BCUT2D eigenvalue weighted by molar-refractivity contribution is -0.115. The maximum absolute atomic E-state index is 12.2. The normalized spacial score (nSPS) is 10.2. The van der Waals surface area contributed by atoms with E-state index in [2.05, 4.69) is 22.5 Å². The molecular weight excluding hydrogens is 338 g/mol. The Bertz CT molecular complexity index is 720. The van der Waals surface area contributed by atoms with Crippen LogP contribution in [0, 0.1) is 0 Å². The van der Waals surface area contributed by atoms with E-state index in [-0.39, 0.29) is 18.4 Å². The number of nitrogens with one attached hydrogen (secondary N) is 2. The second kappa shape index (κ2) is 9.68. The third-order valence-electron chi connectivity index (χ3n) is 3.15. The lowest BCUT2D eigenvalue weighted by atomic mass is 10.2. The first-order chi connectivity index (χ1) is 12.1. The zero-order chi connectivity index (χ0) is 18.1. The van der Waals surface area contributed by atoms with Crippen molar-refractivity contribution >= 4 is 29.3 Å². The molecule has 25 heavy (non-hydrogen) atoms. The van der Waals surface area contributed by atoms with Gasteiger partial charge in [-0.15, -0.1) is 11.8 Å². The number of pyridine rings is 1. The van der Waals surface area contributed by atoms with E-state index in [4.69, 9.17) is 4.74 Å². The third kappa shape index (κ3) is 5.79. The Balaban J connectivity index is 1.88. The van der Waals surface area contributed by atoms with Gasteiger partial charge in [-0.25, -0.2) is 4.98 Å². The number of carbonyl (C=O) groups excluding carboxylic acids is 2. The lowest BCUT2D eigenvalue weighted by Crippen LogP contribution is -2.33. The first kappa shape index (κ1) is 18.8. The summed E-state index contributed by atoms with van der Waals surface area (Å²) in [4.78, 5) is 28.4. The number of hydrogen-bond acceptors (Lipinski definition) is 5. The number of amides is 2. The molecular formula is C18H21N3O3S. The molecule has 2 amide bonds. The molecule has 1 aromatic heterocycles. The fraction of sp³-hybridized carbons (Fsp3) is 0.278. The topological polar surface area (TPSA) is 80.3 Å². The highest BCUT2D eigenvalue weighted by Crippen LogP contribution is 2.18. The predicted molar refractivity (Wildman–Crippen MR) is 99.2 cm³/mol. The Morgan fingerprint density at radius 3 is 2.64 bits per heavy atom. The van der Waals surface area contributed by atoms with Crippen molar-refractivity contribution in [2.45, 2.75) is 18.9 Å². The highest BCUT2D eigenvalue weighted by molar-refractivity contribution is 7.99. The van der Waals surface area contributed by atoms with Crippen LogP contribution >= 0.6 is 11.8 Å². The van der Waals surface area contributed by atoms with Gasteiger partial charge in [0.25, 0.3) is 5.91 Å². The number of aromatic nitrogens is 1. The monoisotopic (exact) mass is 359 g/mol. The summed E-state index contributed by atoms with van der Waals surface area (Å²) in [6.45, 7) is 4.23. The van der Waals surface area contributed by atoms with E-state index in [1.807, 2.05) is 13.0 Å². The van der Waals surface area contributed by atoms with Gasteiger partial charge in [-0.3, -0.25) is 9.59 Å². The smallest absolute Gasteiger partial charge is 0.255 e. The lowest BCUT2D eigenvalue weighted by Gasteiger charge is -2.10. The van der Waals surface area contributed by atoms with Crippen LogP contribution < -0.4 is 15.4 Å². The zero-order valence-corrected chi connectivity index (χ0v) is 15.1. The highest BCUT2D eigenvalue weighted by Gasteiger charge is 2.13. The summed E-state index contributed by atoms with van der Waals surface area (Å²) in [5, 5.41) is 6.20. The van der Waals surface area contributed by atoms with Crippen molar-refractivity contribution in [2.24, 2.45) is 0 Å². The van der Waals surface area contributed by atoms with Gasteiger partial charge in [0.2, 0.25) is 5.91 Å². The highest BCUT2D eigenvalue weighted by atomic mass is 32.2. The Labute approximate surface area is 151 Å². The molecule has 0 aliphatic rings. The largest absolute Gasteiger partial charge is 0.493 e. The molecule has 0 saturated carbocycles. The van der Waals surface area contributed by atoms with Crippen molar-refractivity contribution in [3.8, 4) is 5.75 Å². The number of carbonyl (C=O) groups is 2. The minimum atomic E-state index is -0.355. The minimum Gasteiger partial charge on any atom is -0.493 e. The fourth-order valence-electron chi connectivity index (χ4n) is 2.08. The van der Waals surface area contributed by atoms with Crippen LogP contribution in [0.5, 0.6) is 5.75 Å². The van der Waals surface area contributed by atoms with Gasteiger partial charge in [-0.1, -0.05) is 19.1 Å². The van der Waals surface area contributed by atoms with Gasteiger partial charge in [-0.2, -0.15) is 0 Å². The van der Waals surface area contributed by atoms with Crippen LogP contribution in [0.1, 0.15) is 24.2 Å². The van der Waals surface area contributed by atoms with Crippen molar-refractivity contribution in [3.05, 3.63) is 48.2 Å². The minimum absolute atomic E-state index is 0.134. The molecule has 0 spiro atoms. The molecule has 0 bridgehead atoms. The molecule has 0 aliphatic carbocycles. The number of nitrogens with zero attached hydrogens (tertiary/aromatic N) is 1. The van der Waals surface area contributed by atoms with Gasteiger partial charge >= 0.3 is 0 Å². The van der Waals surface area contributed by atoms with Gasteiger partial charge in [0.05, 0.1) is 35.6 Å². The van der Waals surface area contributed by atoms with Gasteiger partial charge in [-0.05, 0) is 36.9 Å². The Morgan fingerprint density at radius 1 is 1.16 bits per heavy atom. The van der Waals surface area contributed by atoms with Crippen LogP contribution in [0.2, 0.25) is 0 Å². The number of hydrogen-bond donors (Lipinski definition) is 2. The summed E-state index contributed by atoms with van der Waals surface area (Å²) in [5.74, 6) is 0.761. The van der Waals surface area contributed by atoms with Crippen molar-refractivity contribution in [2.75, 3.05) is 24.2 Å². The predicted octanol–water partition coefficient (Wildman–Crippen LogP) is 2.96. The van der Waals surface area contributed by atoms with E-state index in [0.29, 0.717) is 23.6 Å². The van der Waals surface area contributed by atoms with Gasteiger partial charge < -0.3 is 15.4 Å². The molecule has 132 valence electrons. The Hall–Kier alpha value is -2.54. The van der Waals surface area contributed by atoms with Crippen LogP contribution in [0.15, 0.2) is 47.6 Å². The molecule has 6 nitrogen and oxygen atoms in total. The Kier molecular flexibility index (Phi) is 7.28. The molecule has 0 aliphatic heterocycles. The molecule has 7 heteroatoms. The summed E-state index contributed by atoms with van der Waals surface area (Å²) in [5.41, 5.74) is 0.995. The second-order valence-corrected chi connectivity index (χ2v) is 6.26. The maximum atomic E-state index is 12.2. The van der Waals surface area contributed by atoms with Crippen molar-refractivity contribution < 1.29 is 14.3 Å². The summed E-state index contributed by atoms with van der Waals surface area (Å²) in [6.07, 6.45) is 1.60. The molecule has 1 aromatic carbocycles. The number of anilines is 1. The van der Waals surface area contributed by atoms with E-state index in [0.717, 1.165) is 10.8 Å². The molecule has 2 aromatic rings. The van der Waals surface area contributed by atoms with Crippen molar-refractivity contribution in [1.82, 2.24) is 10.3 Å². The molecule has 0 atom stereocenters. The first-order valence-electron chi connectivity index (χ1n) is 8.02. The molecule has 0 radical (unpaired) electrons. The van der Waals surface area contributed by atoms with Crippen LogP contribution in [-0.2, 0) is 4.79 Å². The van der Waals surface area contributed by atoms with Crippen molar-refractivity contribution in [1.29, 1.82) is 0 Å². The SMILES string of the molecule is CCOc1ccccc1C(=O)NCC(=O)Nc1ccc(SCC)nc1. The molecule has 2 N–H and O–H groups in total. The zero-order valence-electron chi connectivity index (χ0n) is 14.2. The van der Waals surface area contributed by atoms with E-state index >= 15 is 0 Å². The number of thioether (sulfide) groups is 1. The Morgan fingerprint density at radius 2 is 1.96 bits per heavy atom. The fourth-order valence-corrected chi connectivity index (χ4v) is 2.67. The van der Waals surface area contributed by atoms with Crippen molar-refractivity contribution in [3.63, 3.8) is 0 Å². The summed E-state index contributed by atoms with van der Waals surface area (Å²) >= 11 is 1.63. The molecule has 1 heterocycles. The van der Waals surface area contributed by atoms with Crippen LogP contribution in [0.25, 0.3) is 0 Å². The van der Waals surface area contributed by atoms with Gasteiger partial charge in [0.15, 0.2) is 0 Å². The molecule has 0 unspecified atom stereocenters. The average molecular weight is 359 g/mol. The third-order valence-corrected chi connectivity index (χ3v) is 3.98. The first-order valence-corrected chi connectivity index (χ1v) is 9.01. The molecule has 2 rings (SSSR count). The summed E-state index contributed by atoms with van der Waals surface area (Å²) in [7, 11) is 0. The van der Waals surface area contributed by atoms with E-state index in [9.17, 15) is 9.59 Å². The maximum Gasteiger partial charge on any atom is 0.255 e.